The van der Waals surface area contributed by atoms with Gasteiger partial charge < -0.3 is 15.0 Å². The van der Waals surface area contributed by atoms with Crippen LogP contribution in [-0.4, -0.2) is 31.2 Å². The van der Waals surface area contributed by atoms with E-state index in [9.17, 15) is 4.79 Å². The van der Waals surface area contributed by atoms with Crippen LogP contribution in [0.1, 0.15) is 53.1 Å². The first-order chi connectivity index (χ1) is 13.1. The van der Waals surface area contributed by atoms with Crippen molar-refractivity contribution >= 4 is 22.2 Å². The van der Waals surface area contributed by atoms with Crippen molar-refractivity contribution in [3.05, 3.63) is 51.9 Å². The monoisotopic (exact) mass is 385 g/mol. The summed E-state index contributed by atoms with van der Waals surface area (Å²) in [6, 6.07) is 9.51. The minimum Gasteiger partial charge on any atom is -0.364 e. The Morgan fingerprint density at radius 2 is 1.85 bits per heavy atom. The van der Waals surface area contributed by atoms with Crippen LogP contribution in [0.4, 0.5) is 5.00 Å². The number of amides is 1. The maximum Gasteiger partial charge on any atom is 0.256 e. The van der Waals surface area contributed by atoms with Gasteiger partial charge in [0, 0.05) is 16.0 Å². The van der Waals surface area contributed by atoms with Crippen molar-refractivity contribution in [2.45, 2.75) is 58.3 Å². The molecule has 2 heterocycles. The van der Waals surface area contributed by atoms with Crippen molar-refractivity contribution in [2.24, 2.45) is 0 Å². The highest BCUT2D eigenvalue weighted by Crippen LogP contribution is 2.38. The highest BCUT2D eigenvalue weighted by atomic mass is 32.1. The number of morpholine rings is 1. The molecule has 2 aliphatic rings. The average Bonchev–Trinajstić information content (AvgIpc) is 2.99. The molecule has 144 valence electrons. The molecule has 1 aromatic carbocycles. The SMILES string of the molecule is C[C@H]1C[NH+](Cc2c(NC(=O)c3ccccc3)sc3c2CCCC3)C[C@H](C)O1. The minimum atomic E-state index is -0.00541. The minimum absolute atomic E-state index is 0.00541. The lowest BCUT2D eigenvalue weighted by Crippen LogP contribution is -3.14. The second-order valence-electron chi connectivity index (χ2n) is 7.93. The second-order valence-corrected chi connectivity index (χ2v) is 9.04. The van der Waals surface area contributed by atoms with Crippen LogP contribution in [0.25, 0.3) is 0 Å². The molecule has 5 heteroatoms. The molecule has 4 rings (SSSR count). The van der Waals surface area contributed by atoms with E-state index < -0.39 is 0 Å². The standard InChI is InChI=1S/C22H28N2O2S/c1-15-12-24(13-16(2)26-15)14-19-18-10-6-7-11-20(18)27-22(19)23-21(25)17-8-4-3-5-9-17/h3-5,8-9,15-16H,6-7,10-14H2,1-2H3,(H,23,25)/p+1/t15-,16-/m0/s1. The van der Waals surface area contributed by atoms with Crippen LogP contribution >= 0.6 is 11.3 Å². The summed E-state index contributed by atoms with van der Waals surface area (Å²) in [7, 11) is 0. The molecule has 1 aliphatic carbocycles. The van der Waals surface area contributed by atoms with Crippen LogP contribution in [0.3, 0.4) is 0 Å². The van der Waals surface area contributed by atoms with E-state index in [1.54, 1.807) is 16.2 Å². The fourth-order valence-corrected chi connectivity index (χ4v) is 5.77. The Balaban J connectivity index is 1.59. The number of hydrogen-bond donors (Lipinski definition) is 2. The molecule has 1 aliphatic heterocycles. The smallest absolute Gasteiger partial charge is 0.256 e. The molecule has 4 nitrogen and oxygen atoms in total. The maximum absolute atomic E-state index is 12.7. The number of rotatable bonds is 4. The summed E-state index contributed by atoms with van der Waals surface area (Å²) in [6.07, 6.45) is 5.41. The molecule has 0 spiro atoms. The van der Waals surface area contributed by atoms with Crippen molar-refractivity contribution in [3.8, 4) is 0 Å². The number of fused-ring (bicyclic) bond motifs is 1. The predicted molar refractivity (Wildman–Crippen MR) is 110 cm³/mol. The zero-order valence-corrected chi connectivity index (χ0v) is 17.0. The van der Waals surface area contributed by atoms with Crippen molar-refractivity contribution < 1.29 is 14.4 Å². The predicted octanol–water partition coefficient (Wildman–Crippen LogP) is 3.07. The lowest BCUT2D eigenvalue weighted by molar-refractivity contribution is -0.928. The van der Waals surface area contributed by atoms with Crippen LogP contribution in [0.5, 0.6) is 0 Å². The Morgan fingerprint density at radius 3 is 2.59 bits per heavy atom. The van der Waals surface area contributed by atoms with Gasteiger partial charge in [0.2, 0.25) is 0 Å². The van der Waals surface area contributed by atoms with Crippen LogP contribution in [-0.2, 0) is 24.1 Å². The fourth-order valence-electron chi connectivity index (χ4n) is 4.47. The molecule has 1 amide bonds. The van der Waals surface area contributed by atoms with Gasteiger partial charge in [0.15, 0.2) is 0 Å². The van der Waals surface area contributed by atoms with Crippen LogP contribution in [0, 0.1) is 0 Å². The second kappa shape index (κ2) is 8.13. The lowest BCUT2D eigenvalue weighted by atomic mass is 9.95. The van der Waals surface area contributed by atoms with Gasteiger partial charge in [-0.05, 0) is 57.2 Å². The molecule has 0 saturated carbocycles. The van der Waals surface area contributed by atoms with Gasteiger partial charge in [-0.25, -0.2) is 0 Å². The molecule has 0 unspecified atom stereocenters. The molecule has 2 atom stereocenters. The highest BCUT2D eigenvalue weighted by molar-refractivity contribution is 7.16. The van der Waals surface area contributed by atoms with Crippen molar-refractivity contribution in [1.82, 2.24) is 0 Å². The van der Waals surface area contributed by atoms with Crippen molar-refractivity contribution in [2.75, 3.05) is 18.4 Å². The van der Waals surface area contributed by atoms with Crippen LogP contribution < -0.4 is 10.2 Å². The number of anilines is 1. The molecule has 0 bridgehead atoms. The third-order valence-corrected chi connectivity index (χ3v) is 6.84. The number of carbonyl (C=O) groups is 1. The van der Waals surface area contributed by atoms with E-state index in [0.29, 0.717) is 12.2 Å². The summed E-state index contributed by atoms with van der Waals surface area (Å²) in [6.45, 7) is 7.37. The van der Waals surface area contributed by atoms with Gasteiger partial charge in [-0.2, -0.15) is 0 Å². The third kappa shape index (κ3) is 4.26. The normalized spacial score (nSPS) is 25.0. The molecule has 2 N–H and O–H groups in total. The first kappa shape index (κ1) is 18.7. The van der Waals surface area contributed by atoms with E-state index >= 15 is 0 Å². The number of benzene rings is 1. The van der Waals surface area contributed by atoms with Gasteiger partial charge in [-0.1, -0.05) is 18.2 Å². The number of quaternary nitrogens is 1. The molecule has 1 saturated heterocycles. The van der Waals surface area contributed by atoms with E-state index in [0.717, 1.165) is 43.0 Å². The first-order valence-corrected chi connectivity index (χ1v) is 10.9. The van der Waals surface area contributed by atoms with E-state index in [2.05, 4.69) is 19.2 Å². The van der Waals surface area contributed by atoms with E-state index in [-0.39, 0.29) is 5.91 Å². The Bertz CT molecular complexity index is 792. The summed E-state index contributed by atoms with van der Waals surface area (Å²) in [5.74, 6) is -0.00541. The van der Waals surface area contributed by atoms with E-state index in [4.69, 9.17) is 4.74 Å². The van der Waals surface area contributed by atoms with Crippen LogP contribution in [0.15, 0.2) is 30.3 Å². The topological polar surface area (TPSA) is 42.8 Å². The van der Waals surface area contributed by atoms with Crippen molar-refractivity contribution in [3.63, 3.8) is 0 Å². The summed E-state index contributed by atoms with van der Waals surface area (Å²) in [5, 5.41) is 4.30. The maximum atomic E-state index is 12.7. The molecule has 1 aromatic heterocycles. The number of hydrogen-bond acceptors (Lipinski definition) is 3. The van der Waals surface area contributed by atoms with E-state index in [1.165, 1.54) is 28.8 Å². The Labute approximate surface area is 165 Å². The zero-order chi connectivity index (χ0) is 18.8. The zero-order valence-electron chi connectivity index (χ0n) is 16.2. The summed E-state index contributed by atoms with van der Waals surface area (Å²) in [4.78, 5) is 15.8. The van der Waals surface area contributed by atoms with Gasteiger partial charge >= 0.3 is 0 Å². The highest BCUT2D eigenvalue weighted by Gasteiger charge is 2.30. The lowest BCUT2D eigenvalue weighted by Gasteiger charge is -2.32. The Hall–Kier alpha value is -1.69. The summed E-state index contributed by atoms with van der Waals surface area (Å²) < 4.78 is 5.91. The summed E-state index contributed by atoms with van der Waals surface area (Å²) in [5.41, 5.74) is 3.60. The van der Waals surface area contributed by atoms with E-state index in [1.807, 2.05) is 30.3 Å². The van der Waals surface area contributed by atoms with Gasteiger partial charge in [0.25, 0.3) is 5.91 Å². The molecule has 1 fully saturated rings. The molecular weight excluding hydrogens is 356 g/mol. The first-order valence-electron chi connectivity index (χ1n) is 10.1. The number of aryl methyl sites for hydroxylation is 1. The van der Waals surface area contributed by atoms with Gasteiger partial charge in [-0.15, -0.1) is 11.3 Å². The summed E-state index contributed by atoms with van der Waals surface area (Å²) >= 11 is 1.80. The number of nitrogens with one attached hydrogen (secondary N) is 2. The quantitative estimate of drug-likeness (QED) is 0.849. The third-order valence-electron chi connectivity index (χ3n) is 5.59. The molecule has 27 heavy (non-hydrogen) atoms. The number of carbonyl (C=O) groups excluding carboxylic acids is 1. The van der Waals surface area contributed by atoms with Crippen molar-refractivity contribution in [1.29, 1.82) is 0 Å². The molecule has 0 radical (unpaired) electrons. The van der Waals surface area contributed by atoms with Gasteiger partial charge in [-0.3, -0.25) is 4.79 Å². The average molecular weight is 386 g/mol. The molecular formula is C22H29N2O2S+. The number of ether oxygens (including phenoxy) is 1. The Kier molecular flexibility index (Phi) is 5.62. The Morgan fingerprint density at radius 1 is 1.15 bits per heavy atom. The van der Waals surface area contributed by atoms with Gasteiger partial charge in [0.1, 0.15) is 36.8 Å². The molecule has 2 aromatic rings. The fraction of sp³-hybridized carbons (Fsp3) is 0.500. The number of thiophene rings is 1. The van der Waals surface area contributed by atoms with Gasteiger partial charge in [0.05, 0.1) is 0 Å². The largest absolute Gasteiger partial charge is 0.364 e. The van der Waals surface area contributed by atoms with Crippen LogP contribution in [0.2, 0.25) is 0 Å².